The van der Waals surface area contributed by atoms with Crippen LogP contribution in [0.15, 0.2) is 16.7 Å². The third-order valence-electron chi connectivity index (χ3n) is 2.83. The van der Waals surface area contributed by atoms with E-state index in [0.29, 0.717) is 6.54 Å². The SMILES string of the molecule is CCn1ncc(Br)c1C(O)c1cc(C)nnc1C. The lowest BCUT2D eigenvalue weighted by Crippen LogP contribution is -2.12. The zero-order valence-corrected chi connectivity index (χ0v) is 12.1. The summed E-state index contributed by atoms with van der Waals surface area (Å²) in [5.41, 5.74) is 3.02. The van der Waals surface area contributed by atoms with E-state index >= 15 is 0 Å². The average Bonchev–Trinajstić information content (AvgIpc) is 2.72. The van der Waals surface area contributed by atoms with Crippen molar-refractivity contribution in [1.29, 1.82) is 0 Å². The molecule has 0 radical (unpaired) electrons. The molecule has 0 spiro atoms. The second-order valence-electron chi connectivity index (χ2n) is 4.12. The number of hydrogen-bond acceptors (Lipinski definition) is 4. The molecule has 0 saturated carbocycles. The molecule has 2 aromatic rings. The summed E-state index contributed by atoms with van der Waals surface area (Å²) in [6, 6.07) is 1.85. The van der Waals surface area contributed by atoms with Crippen molar-refractivity contribution in [2.45, 2.75) is 33.4 Å². The highest BCUT2D eigenvalue weighted by atomic mass is 79.9. The van der Waals surface area contributed by atoms with Crippen LogP contribution < -0.4 is 0 Å². The van der Waals surface area contributed by atoms with E-state index in [1.165, 1.54) is 0 Å². The van der Waals surface area contributed by atoms with Crippen molar-refractivity contribution in [1.82, 2.24) is 20.0 Å². The maximum Gasteiger partial charge on any atom is 0.124 e. The maximum atomic E-state index is 10.5. The lowest BCUT2D eigenvalue weighted by Gasteiger charge is -2.15. The van der Waals surface area contributed by atoms with Gasteiger partial charge in [-0.15, -0.1) is 0 Å². The Morgan fingerprint density at radius 3 is 2.78 bits per heavy atom. The highest BCUT2D eigenvalue weighted by Gasteiger charge is 2.21. The van der Waals surface area contributed by atoms with Gasteiger partial charge in [-0.05, 0) is 42.8 Å². The van der Waals surface area contributed by atoms with Gasteiger partial charge in [0.15, 0.2) is 0 Å². The fraction of sp³-hybridized carbons (Fsp3) is 0.417. The smallest absolute Gasteiger partial charge is 0.124 e. The predicted molar refractivity (Wildman–Crippen MR) is 71.2 cm³/mol. The molecule has 18 heavy (non-hydrogen) atoms. The van der Waals surface area contributed by atoms with E-state index in [4.69, 9.17) is 0 Å². The van der Waals surface area contributed by atoms with Crippen LogP contribution >= 0.6 is 15.9 Å². The molecule has 1 N–H and O–H groups in total. The zero-order valence-electron chi connectivity index (χ0n) is 10.6. The monoisotopic (exact) mass is 310 g/mol. The minimum Gasteiger partial charge on any atom is -0.382 e. The van der Waals surface area contributed by atoms with Gasteiger partial charge >= 0.3 is 0 Å². The number of aromatic nitrogens is 4. The molecule has 0 aromatic carbocycles. The molecule has 5 nitrogen and oxygen atoms in total. The molecule has 0 bridgehead atoms. The number of aliphatic hydroxyl groups is 1. The standard InChI is InChI=1S/C12H15BrN4O/c1-4-17-11(10(13)6-14-17)12(18)9-5-7(2)15-16-8(9)3/h5-6,12,18H,4H2,1-3H3. The first-order valence-corrected chi connectivity index (χ1v) is 6.54. The van der Waals surface area contributed by atoms with Crippen LogP contribution in [-0.4, -0.2) is 25.1 Å². The molecule has 96 valence electrons. The van der Waals surface area contributed by atoms with Gasteiger partial charge in [-0.3, -0.25) is 4.68 Å². The normalized spacial score (nSPS) is 12.7. The van der Waals surface area contributed by atoms with E-state index in [-0.39, 0.29) is 0 Å². The highest BCUT2D eigenvalue weighted by molar-refractivity contribution is 9.10. The summed E-state index contributed by atoms with van der Waals surface area (Å²) in [4.78, 5) is 0. The van der Waals surface area contributed by atoms with Crippen molar-refractivity contribution in [2.75, 3.05) is 0 Å². The largest absolute Gasteiger partial charge is 0.382 e. The Morgan fingerprint density at radius 2 is 2.11 bits per heavy atom. The third-order valence-corrected chi connectivity index (χ3v) is 3.44. The highest BCUT2D eigenvalue weighted by Crippen LogP contribution is 2.29. The second kappa shape index (κ2) is 5.16. The Balaban J connectivity index is 2.50. The topological polar surface area (TPSA) is 63.8 Å². The summed E-state index contributed by atoms with van der Waals surface area (Å²) in [6.45, 7) is 6.38. The zero-order chi connectivity index (χ0) is 13.3. The van der Waals surface area contributed by atoms with E-state index in [9.17, 15) is 5.11 Å². The fourth-order valence-electron chi connectivity index (χ4n) is 1.89. The molecule has 1 atom stereocenters. The molecule has 0 saturated heterocycles. The number of halogens is 1. The van der Waals surface area contributed by atoms with Gasteiger partial charge in [0.05, 0.1) is 27.8 Å². The van der Waals surface area contributed by atoms with Crippen LogP contribution in [0.3, 0.4) is 0 Å². The van der Waals surface area contributed by atoms with E-state index in [1.54, 1.807) is 10.9 Å². The number of nitrogens with zero attached hydrogens (tertiary/aromatic N) is 4. The summed E-state index contributed by atoms with van der Waals surface area (Å²) in [5, 5.41) is 22.7. The van der Waals surface area contributed by atoms with Crippen molar-refractivity contribution in [3.8, 4) is 0 Å². The van der Waals surface area contributed by atoms with Gasteiger partial charge in [0.1, 0.15) is 6.10 Å². The Morgan fingerprint density at radius 1 is 1.39 bits per heavy atom. The first-order chi connectivity index (χ1) is 8.54. The minimum atomic E-state index is -0.754. The quantitative estimate of drug-likeness (QED) is 0.943. The van der Waals surface area contributed by atoms with Gasteiger partial charge in [-0.2, -0.15) is 15.3 Å². The molecule has 0 fully saturated rings. The fourth-order valence-corrected chi connectivity index (χ4v) is 2.40. The molecule has 0 aliphatic carbocycles. The first kappa shape index (κ1) is 13.2. The predicted octanol–water partition coefficient (Wildman–Crippen LogP) is 2.15. The first-order valence-electron chi connectivity index (χ1n) is 5.74. The lowest BCUT2D eigenvalue weighted by molar-refractivity contribution is 0.205. The Labute approximate surface area is 114 Å². The van der Waals surface area contributed by atoms with Crippen LogP contribution in [-0.2, 0) is 6.54 Å². The van der Waals surface area contributed by atoms with Gasteiger partial charge in [0, 0.05) is 12.1 Å². The molecule has 0 amide bonds. The Kier molecular flexibility index (Phi) is 3.77. The summed E-state index contributed by atoms with van der Waals surface area (Å²) in [7, 11) is 0. The average molecular weight is 311 g/mol. The summed E-state index contributed by atoms with van der Waals surface area (Å²) in [5.74, 6) is 0. The van der Waals surface area contributed by atoms with Crippen molar-refractivity contribution in [3.63, 3.8) is 0 Å². The van der Waals surface area contributed by atoms with E-state index in [1.807, 2.05) is 26.8 Å². The van der Waals surface area contributed by atoms with Gasteiger partial charge in [-0.1, -0.05) is 0 Å². The van der Waals surface area contributed by atoms with Crippen LogP contribution in [0.1, 0.15) is 35.7 Å². The van der Waals surface area contributed by atoms with Crippen LogP contribution in [0.4, 0.5) is 0 Å². The molecule has 2 rings (SSSR count). The van der Waals surface area contributed by atoms with Crippen molar-refractivity contribution in [2.24, 2.45) is 0 Å². The number of aryl methyl sites for hydroxylation is 3. The van der Waals surface area contributed by atoms with Gasteiger partial charge in [-0.25, -0.2) is 0 Å². The Bertz CT molecular complexity index is 567. The minimum absolute atomic E-state index is 0.703. The molecule has 2 aromatic heterocycles. The molecular weight excluding hydrogens is 296 g/mol. The van der Waals surface area contributed by atoms with Crippen LogP contribution in [0.25, 0.3) is 0 Å². The summed E-state index contributed by atoms with van der Waals surface area (Å²) in [6.07, 6.45) is 0.940. The van der Waals surface area contributed by atoms with Crippen LogP contribution in [0, 0.1) is 13.8 Å². The second-order valence-corrected chi connectivity index (χ2v) is 4.98. The maximum absolute atomic E-state index is 10.5. The van der Waals surface area contributed by atoms with Crippen molar-refractivity contribution < 1.29 is 5.11 Å². The molecule has 6 heteroatoms. The molecule has 0 aliphatic rings. The number of rotatable bonds is 3. The number of aliphatic hydroxyl groups excluding tert-OH is 1. The summed E-state index contributed by atoms with van der Waals surface area (Å²) >= 11 is 3.42. The lowest BCUT2D eigenvalue weighted by atomic mass is 10.1. The summed E-state index contributed by atoms with van der Waals surface area (Å²) < 4.78 is 2.56. The van der Waals surface area contributed by atoms with Crippen molar-refractivity contribution in [3.05, 3.63) is 39.4 Å². The van der Waals surface area contributed by atoms with Gasteiger partial charge < -0.3 is 5.11 Å². The van der Waals surface area contributed by atoms with E-state index < -0.39 is 6.10 Å². The Hall–Kier alpha value is -1.27. The van der Waals surface area contributed by atoms with Crippen molar-refractivity contribution >= 4 is 15.9 Å². The molecule has 1 unspecified atom stereocenters. The van der Waals surface area contributed by atoms with Gasteiger partial charge in [0.25, 0.3) is 0 Å². The molecule has 2 heterocycles. The third kappa shape index (κ3) is 2.30. The van der Waals surface area contributed by atoms with Crippen LogP contribution in [0.5, 0.6) is 0 Å². The van der Waals surface area contributed by atoms with E-state index in [2.05, 4.69) is 31.2 Å². The number of hydrogen-bond donors (Lipinski definition) is 1. The van der Waals surface area contributed by atoms with Crippen LogP contribution in [0.2, 0.25) is 0 Å². The molecule has 0 aliphatic heterocycles. The van der Waals surface area contributed by atoms with E-state index in [0.717, 1.165) is 27.1 Å². The molecular formula is C12H15BrN4O. The van der Waals surface area contributed by atoms with Gasteiger partial charge in [0.2, 0.25) is 0 Å².